The third-order valence-corrected chi connectivity index (χ3v) is 2.07. The van der Waals surface area contributed by atoms with Crippen LogP contribution in [0.15, 0.2) is 4.52 Å². The molecule has 0 saturated carbocycles. The number of amides is 2. The number of urea groups is 1. The van der Waals surface area contributed by atoms with E-state index in [1.807, 2.05) is 6.92 Å². The number of nitrogens with one attached hydrogen (secondary N) is 2. The average Bonchev–Trinajstić information content (AvgIpc) is 2.49. The number of hydrogen-bond acceptors (Lipinski definition) is 4. The lowest BCUT2D eigenvalue weighted by molar-refractivity contribution is 0.173. The third kappa shape index (κ3) is 3.23. The van der Waals surface area contributed by atoms with Gasteiger partial charge in [0.15, 0.2) is 5.76 Å². The van der Waals surface area contributed by atoms with Gasteiger partial charge < -0.3 is 19.9 Å². The molecule has 0 bridgehead atoms. The Kier molecular flexibility index (Phi) is 4.30. The molecule has 2 N–H and O–H groups in total. The van der Waals surface area contributed by atoms with Gasteiger partial charge in [0.25, 0.3) is 0 Å². The van der Waals surface area contributed by atoms with Crippen molar-refractivity contribution in [2.75, 3.05) is 19.0 Å². The molecular formula is C10H17N3O3. The smallest absolute Gasteiger partial charge is 0.319 e. The fourth-order valence-corrected chi connectivity index (χ4v) is 1.33. The monoisotopic (exact) mass is 227 g/mol. The second-order valence-electron chi connectivity index (χ2n) is 3.65. The van der Waals surface area contributed by atoms with E-state index in [0.717, 1.165) is 0 Å². The molecular weight excluding hydrogens is 210 g/mol. The van der Waals surface area contributed by atoms with Crippen LogP contribution in [0.2, 0.25) is 0 Å². The van der Waals surface area contributed by atoms with Gasteiger partial charge in [-0.25, -0.2) is 4.79 Å². The van der Waals surface area contributed by atoms with E-state index in [-0.39, 0.29) is 12.1 Å². The van der Waals surface area contributed by atoms with Crippen molar-refractivity contribution in [3.63, 3.8) is 0 Å². The SMILES string of the molecule is COCC(C)NC(=O)Nc1c(C)noc1C. The Morgan fingerprint density at radius 3 is 2.75 bits per heavy atom. The topological polar surface area (TPSA) is 76.4 Å². The van der Waals surface area contributed by atoms with Crippen LogP contribution in [0.25, 0.3) is 0 Å². The quantitative estimate of drug-likeness (QED) is 0.816. The summed E-state index contributed by atoms with van der Waals surface area (Å²) in [5.74, 6) is 0.590. The summed E-state index contributed by atoms with van der Waals surface area (Å²) in [6.45, 7) is 5.84. The van der Waals surface area contributed by atoms with Crippen molar-refractivity contribution < 1.29 is 14.1 Å². The van der Waals surface area contributed by atoms with Gasteiger partial charge in [-0.3, -0.25) is 0 Å². The van der Waals surface area contributed by atoms with Crippen molar-refractivity contribution in [2.45, 2.75) is 26.8 Å². The summed E-state index contributed by atoms with van der Waals surface area (Å²) in [6, 6.07) is -0.343. The van der Waals surface area contributed by atoms with E-state index in [0.29, 0.717) is 23.7 Å². The molecule has 1 atom stereocenters. The average molecular weight is 227 g/mol. The van der Waals surface area contributed by atoms with Gasteiger partial charge in [-0.1, -0.05) is 5.16 Å². The number of nitrogens with zero attached hydrogens (tertiary/aromatic N) is 1. The van der Waals surface area contributed by atoms with Gasteiger partial charge in [-0.05, 0) is 20.8 Å². The highest BCUT2D eigenvalue weighted by molar-refractivity contribution is 5.90. The summed E-state index contributed by atoms with van der Waals surface area (Å²) in [6.07, 6.45) is 0. The summed E-state index contributed by atoms with van der Waals surface area (Å²) in [5, 5.41) is 9.16. The van der Waals surface area contributed by atoms with Crippen LogP contribution in [0.5, 0.6) is 0 Å². The number of ether oxygens (including phenoxy) is 1. The van der Waals surface area contributed by atoms with Crippen LogP contribution < -0.4 is 10.6 Å². The van der Waals surface area contributed by atoms with E-state index in [1.54, 1.807) is 21.0 Å². The number of carbonyl (C=O) groups excluding carboxylic acids is 1. The maximum atomic E-state index is 11.6. The fraction of sp³-hybridized carbons (Fsp3) is 0.600. The molecule has 0 aliphatic heterocycles. The molecule has 1 unspecified atom stereocenters. The number of aryl methyl sites for hydroxylation is 2. The minimum absolute atomic E-state index is 0.0505. The molecule has 0 saturated heterocycles. The van der Waals surface area contributed by atoms with Gasteiger partial charge in [0.05, 0.1) is 12.6 Å². The van der Waals surface area contributed by atoms with Crippen molar-refractivity contribution in [1.29, 1.82) is 0 Å². The van der Waals surface area contributed by atoms with Crippen molar-refractivity contribution in [1.82, 2.24) is 10.5 Å². The molecule has 6 nitrogen and oxygen atoms in total. The molecule has 90 valence electrons. The highest BCUT2D eigenvalue weighted by Crippen LogP contribution is 2.18. The first kappa shape index (κ1) is 12.5. The van der Waals surface area contributed by atoms with Crippen molar-refractivity contribution >= 4 is 11.7 Å². The molecule has 1 heterocycles. The summed E-state index contributed by atoms with van der Waals surface area (Å²) in [5.41, 5.74) is 1.27. The zero-order chi connectivity index (χ0) is 12.1. The van der Waals surface area contributed by atoms with Crippen LogP contribution in [0, 0.1) is 13.8 Å². The van der Waals surface area contributed by atoms with Crippen molar-refractivity contribution in [2.24, 2.45) is 0 Å². The third-order valence-electron chi connectivity index (χ3n) is 2.07. The Morgan fingerprint density at radius 2 is 2.25 bits per heavy atom. The first-order valence-corrected chi connectivity index (χ1v) is 5.04. The minimum Gasteiger partial charge on any atom is -0.383 e. The summed E-state index contributed by atoms with van der Waals surface area (Å²) >= 11 is 0. The summed E-state index contributed by atoms with van der Waals surface area (Å²) < 4.78 is 9.85. The van der Waals surface area contributed by atoms with Crippen LogP contribution >= 0.6 is 0 Å². The van der Waals surface area contributed by atoms with Gasteiger partial charge in [-0.15, -0.1) is 0 Å². The van der Waals surface area contributed by atoms with Gasteiger partial charge in [0, 0.05) is 7.11 Å². The largest absolute Gasteiger partial charge is 0.383 e. The highest BCUT2D eigenvalue weighted by Gasteiger charge is 2.13. The summed E-state index contributed by atoms with van der Waals surface area (Å²) in [4.78, 5) is 11.6. The van der Waals surface area contributed by atoms with E-state index >= 15 is 0 Å². The van der Waals surface area contributed by atoms with E-state index in [4.69, 9.17) is 9.26 Å². The lowest BCUT2D eigenvalue weighted by Crippen LogP contribution is -2.38. The number of anilines is 1. The van der Waals surface area contributed by atoms with E-state index in [1.165, 1.54) is 0 Å². The number of rotatable bonds is 4. The van der Waals surface area contributed by atoms with Gasteiger partial charge in [-0.2, -0.15) is 0 Å². The Hall–Kier alpha value is -1.56. The predicted molar refractivity (Wildman–Crippen MR) is 59.5 cm³/mol. The van der Waals surface area contributed by atoms with Crippen LogP contribution in [0.3, 0.4) is 0 Å². The molecule has 16 heavy (non-hydrogen) atoms. The molecule has 1 aromatic heterocycles. The van der Waals surface area contributed by atoms with Crippen molar-refractivity contribution in [3.05, 3.63) is 11.5 Å². The molecule has 0 fully saturated rings. The minimum atomic E-state index is -0.293. The second kappa shape index (κ2) is 5.50. The number of hydrogen-bond donors (Lipinski definition) is 2. The molecule has 0 radical (unpaired) electrons. The normalized spacial score (nSPS) is 12.2. The molecule has 0 spiro atoms. The molecule has 0 aliphatic carbocycles. The Labute approximate surface area is 94.3 Å². The number of carbonyl (C=O) groups is 1. The Morgan fingerprint density at radius 1 is 1.56 bits per heavy atom. The number of methoxy groups -OCH3 is 1. The van der Waals surface area contributed by atoms with Crippen molar-refractivity contribution in [3.8, 4) is 0 Å². The maximum Gasteiger partial charge on any atom is 0.319 e. The first-order chi connectivity index (χ1) is 7.54. The fourth-order valence-electron chi connectivity index (χ4n) is 1.33. The second-order valence-corrected chi connectivity index (χ2v) is 3.65. The Balaban J connectivity index is 2.52. The zero-order valence-electron chi connectivity index (χ0n) is 9.96. The number of aromatic nitrogens is 1. The zero-order valence-corrected chi connectivity index (χ0v) is 9.96. The highest BCUT2D eigenvalue weighted by atomic mass is 16.5. The van der Waals surface area contributed by atoms with Crippen LogP contribution in [-0.4, -0.2) is 30.9 Å². The Bertz CT molecular complexity index is 343. The molecule has 6 heteroatoms. The standard InChI is InChI=1S/C10H17N3O3/c1-6(5-15-4)11-10(14)12-9-7(2)13-16-8(9)3/h6H,5H2,1-4H3,(H2,11,12,14). The van der Waals surface area contributed by atoms with Crippen LogP contribution in [-0.2, 0) is 4.74 Å². The van der Waals surface area contributed by atoms with Crippen LogP contribution in [0.4, 0.5) is 10.5 Å². The van der Waals surface area contributed by atoms with Crippen LogP contribution in [0.1, 0.15) is 18.4 Å². The molecule has 1 rings (SSSR count). The van der Waals surface area contributed by atoms with Gasteiger partial charge >= 0.3 is 6.03 Å². The maximum absolute atomic E-state index is 11.6. The molecule has 0 aromatic carbocycles. The first-order valence-electron chi connectivity index (χ1n) is 5.04. The molecule has 0 aliphatic rings. The lowest BCUT2D eigenvalue weighted by Gasteiger charge is -2.13. The summed E-state index contributed by atoms with van der Waals surface area (Å²) in [7, 11) is 1.59. The van der Waals surface area contributed by atoms with E-state index in [2.05, 4.69) is 15.8 Å². The van der Waals surface area contributed by atoms with Gasteiger partial charge in [0.2, 0.25) is 0 Å². The lowest BCUT2D eigenvalue weighted by atomic mass is 10.3. The molecule has 1 aromatic rings. The van der Waals surface area contributed by atoms with Gasteiger partial charge in [0.1, 0.15) is 11.4 Å². The van der Waals surface area contributed by atoms with E-state index in [9.17, 15) is 4.79 Å². The predicted octanol–water partition coefficient (Wildman–Crippen LogP) is 1.45. The van der Waals surface area contributed by atoms with E-state index < -0.39 is 0 Å². The molecule has 2 amide bonds.